The van der Waals surface area contributed by atoms with Gasteiger partial charge in [0.2, 0.25) is 0 Å². The summed E-state index contributed by atoms with van der Waals surface area (Å²) in [5, 5.41) is 11.5. The molecule has 0 saturated heterocycles. The molecule has 0 spiro atoms. The highest BCUT2D eigenvalue weighted by Gasteiger charge is 2.22. The lowest BCUT2D eigenvalue weighted by Gasteiger charge is -2.13. The molecule has 0 fully saturated rings. The summed E-state index contributed by atoms with van der Waals surface area (Å²) in [5.41, 5.74) is 4.36. The lowest BCUT2D eigenvalue weighted by molar-refractivity contribution is 0.0928. The second kappa shape index (κ2) is 8.20. The summed E-state index contributed by atoms with van der Waals surface area (Å²) in [7, 11) is 0. The Bertz CT molecular complexity index is 912. The van der Waals surface area contributed by atoms with Crippen molar-refractivity contribution in [3.8, 4) is 0 Å². The number of carbonyl (C=O) groups excluding carboxylic acids is 1. The molecule has 1 amide bonds. The van der Waals surface area contributed by atoms with Gasteiger partial charge in [0.1, 0.15) is 5.76 Å². The molecule has 27 heavy (non-hydrogen) atoms. The molecule has 0 bridgehead atoms. The molecule has 0 radical (unpaired) electrons. The maximum Gasteiger partial charge on any atom is 0.274 e. The molecular weight excluding hydrogens is 340 g/mol. The number of aromatic nitrogens is 3. The topological polar surface area (TPSA) is 73.0 Å². The van der Waals surface area contributed by atoms with Crippen LogP contribution in [0.4, 0.5) is 0 Å². The van der Waals surface area contributed by atoms with Gasteiger partial charge in [-0.25, -0.2) is 0 Å². The number of hydrogen-bond acceptors (Lipinski definition) is 4. The predicted octanol–water partition coefficient (Wildman–Crippen LogP) is 3.60. The van der Waals surface area contributed by atoms with Gasteiger partial charge in [0, 0.05) is 17.3 Å². The van der Waals surface area contributed by atoms with Crippen LogP contribution in [0, 0.1) is 20.8 Å². The Morgan fingerprint density at radius 1 is 1.22 bits per heavy atom. The van der Waals surface area contributed by atoms with Gasteiger partial charge in [-0.3, -0.25) is 9.48 Å². The maximum atomic E-state index is 12.7. The monoisotopic (exact) mass is 366 g/mol. The minimum atomic E-state index is -0.205. The maximum absolute atomic E-state index is 12.7. The van der Waals surface area contributed by atoms with Gasteiger partial charge >= 0.3 is 0 Å². The number of hydrogen-bond donors (Lipinski definition) is 1. The Morgan fingerprint density at radius 2 is 1.96 bits per heavy atom. The molecule has 0 aliphatic carbocycles. The second-order valence-corrected chi connectivity index (χ2v) is 7.05. The van der Waals surface area contributed by atoms with E-state index in [2.05, 4.69) is 27.7 Å². The highest BCUT2D eigenvalue weighted by molar-refractivity contribution is 5.94. The van der Waals surface area contributed by atoms with Gasteiger partial charge in [-0.05, 0) is 52.2 Å². The highest BCUT2D eigenvalue weighted by atomic mass is 16.5. The van der Waals surface area contributed by atoms with Crippen molar-refractivity contribution in [3.05, 3.63) is 70.4 Å². The summed E-state index contributed by atoms with van der Waals surface area (Å²) in [5.74, 6) is 0.439. The Hall–Kier alpha value is -2.89. The van der Waals surface area contributed by atoms with Crippen LogP contribution in [0.3, 0.4) is 0 Å². The molecule has 0 unspecified atom stereocenters. The van der Waals surface area contributed by atoms with Crippen LogP contribution in [0.2, 0.25) is 0 Å². The van der Waals surface area contributed by atoms with Crippen LogP contribution in [0.15, 0.2) is 40.9 Å². The molecule has 1 N–H and O–H groups in total. The van der Waals surface area contributed by atoms with E-state index < -0.39 is 0 Å². The quantitative estimate of drug-likeness (QED) is 0.693. The second-order valence-electron chi connectivity index (χ2n) is 7.05. The number of aryl methyl sites for hydroxylation is 4. The van der Waals surface area contributed by atoms with E-state index in [1.165, 1.54) is 5.56 Å². The predicted molar refractivity (Wildman–Crippen MR) is 104 cm³/mol. The largest absolute Gasteiger partial charge is 0.361 e. The van der Waals surface area contributed by atoms with Gasteiger partial charge in [-0.15, -0.1) is 0 Å². The zero-order valence-corrected chi connectivity index (χ0v) is 16.3. The first-order chi connectivity index (χ1) is 12.9. The van der Waals surface area contributed by atoms with Crippen molar-refractivity contribution < 1.29 is 9.32 Å². The van der Waals surface area contributed by atoms with Crippen molar-refractivity contribution in [1.82, 2.24) is 20.3 Å². The Morgan fingerprint density at radius 3 is 2.63 bits per heavy atom. The van der Waals surface area contributed by atoms with E-state index in [1.54, 1.807) is 0 Å². The van der Waals surface area contributed by atoms with Gasteiger partial charge in [-0.1, -0.05) is 35.5 Å². The number of amides is 1. The third kappa shape index (κ3) is 4.64. The molecule has 3 rings (SSSR count). The van der Waals surface area contributed by atoms with Crippen LogP contribution in [0.25, 0.3) is 0 Å². The van der Waals surface area contributed by atoms with E-state index in [0.717, 1.165) is 29.8 Å². The van der Waals surface area contributed by atoms with Gasteiger partial charge < -0.3 is 9.84 Å². The number of carbonyl (C=O) groups is 1. The molecule has 0 aliphatic heterocycles. The first-order valence-electron chi connectivity index (χ1n) is 9.25. The van der Waals surface area contributed by atoms with Gasteiger partial charge in [-0.2, -0.15) is 5.10 Å². The van der Waals surface area contributed by atoms with E-state index in [9.17, 15) is 4.79 Å². The van der Waals surface area contributed by atoms with E-state index >= 15 is 0 Å². The zero-order valence-electron chi connectivity index (χ0n) is 16.3. The molecule has 6 nitrogen and oxygen atoms in total. The molecule has 1 aromatic carbocycles. The Kier molecular flexibility index (Phi) is 5.74. The summed E-state index contributed by atoms with van der Waals surface area (Å²) in [6.07, 6.45) is 1.78. The average Bonchev–Trinajstić information content (AvgIpc) is 3.16. The van der Waals surface area contributed by atoms with E-state index in [4.69, 9.17) is 4.52 Å². The summed E-state index contributed by atoms with van der Waals surface area (Å²) < 4.78 is 7.16. The van der Waals surface area contributed by atoms with Crippen molar-refractivity contribution in [1.29, 1.82) is 0 Å². The fourth-order valence-corrected chi connectivity index (χ4v) is 3.13. The van der Waals surface area contributed by atoms with Crippen molar-refractivity contribution in [2.24, 2.45) is 0 Å². The lowest BCUT2D eigenvalue weighted by atomic mass is 10.1. The smallest absolute Gasteiger partial charge is 0.274 e. The first kappa shape index (κ1) is 18.9. The summed E-state index contributed by atoms with van der Waals surface area (Å²) in [6.45, 7) is 8.24. The minimum Gasteiger partial charge on any atom is -0.361 e. The van der Waals surface area contributed by atoms with Crippen LogP contribution >= 0.6 is 0 Å². The minimum absolute atomic E-state index is 0.0382. The fraction of sp³-hybridized carbons (Fsp3) is 0.381. The molecule has 1 atom stereocenters. The lowest BCUT2D eigenvalue weighted by Crippen LogP contribution is -2.33. The standard InChI is InChI=1S/C21H26N4O2/c1-14(10-11-18-8-6-5-7-9-18)22-21(26)20-19(17(4)27-24-20)13-25-16(3)12-15(2)23-25/h5-9,12,14H,10-11,13H2,1-4H3,(H,22,26)/t14-/m1/s1. The highest BCUT2D eigenvalue weighted by Crippen LogP contribution is 2.17. The summed E-state index contributed by atoms with van der Waals surface area (Å²) >= 11 is 0. The zero-order chi connectivity index (χ0) is 19.4. The molecule has 0 aliphatic rings. The van der Waals surface area contributed by atoms with Crippen LogP contribution in [-0.4, -0.2) is 26.9 Å². The van der Waals surface area contributed by atoms with E-state index in [1.807, 2.05) is 56.6 Å². The van der Waals surface area contributed by atoms with Crippen LogP contribution in [0.1, 0.15) is 52.1 Å². The molecule has 2 aromatic heterocycles. The third-order valence-corrected chi connectivity index (χ3v) is 4.70. The molecule has 2 heterocycles. The normalized spacial score (nSPS) is 12.1. The fourth-order valence-electron chi connectivity index (χ4n) is 3.13. The summed E-state index contributed by atoms with van der Waals surface area (Å²) in [6, 6.07) is 12.3. The van der Waals surface area contributed by atoms with E-state index in [-0.39, 0.29) is 11.9 Å². The first-order valence-corrected chi connectivity index (χ1v) is 9.25. The van der Waals surface area contributed by atoms with Crippen molar-refractivity contribution >= 4 is 5.91 Å². The molecule has 3 aromatic rings. The number of nitrogens with one attached hydrogen (secondary N) is 1. The molecule has 0 saturated carbocycles. The van der Waals surface area contributed by atoms with Crippen molar-refractivity contribution in [2.75, 3.05) is 0 Å². The molecular formula is C21H26N4O2. The molecule has 6 heteroatoms. The SMILES string of the molecule is Cc1cc(C)n(Cc2c(C(=O)N[C@H](C)CCc3ccccc3)noc2C)n1. The average molecular weight is 366 g/mol. The van der Waals surface area contributed by atoms with Crippen LogP contribution < -0.4 is 5.32 Å². The van der Waals surface area contributed by atoms with Gasteiger partial charge in [0.25, 0.3) is 5.91 Å². The van der Waals surface area contributed by atoms with Crippen LogP contribution in [-0.2, 0) is 13.0 Å². The number of benzene rings is 1. The van der Waals surface area contributed by atoms with Gasteiger partial charge in [0.15, 0.2) is 5.69 Å². The molecule has 142 valence electrons. The van der Waals surface area contributed by atoms with Gasteiger partial charge in [0.05, 0.1) is 12.2 Å². The van der Waals surface area contributed by atoms with Crippen molar-refractivity contribution in [2.45, 2.75) is 53.1 Å². The summed E-state index contributed by atoms with van der Waals surface area (Å²) in [4.78, 5) is 12.7. The Labute approximate surface area is 159 Å². The van der Waals surface area contributed by atoms with Crippen molar-refractivity contribution in [3.63, 3.8) is 0 Å². The number of nitrogens with zero attached hydrogens (tertiary/aromatic N) is 3. The van der Waals surface area contributed by atoms with E-state index in [0.29, 0.717) is 18.0 Å². The number of rotatable bonds is 7. The third-order valence-electron chi connectivity index (χ3n) is 4.70. The Balaban J connectivity index is 1.65. The van der Waals surface area contributed by atoms with Crippen LogP contribution in [0.5, 0.6) is 0 Å².